The molecule has 0 unspecified atom stereocenters. The zero-order chi connectivity index (χ0) is 23.3. The molecule has 0 spiro atoms. The fourth-order valence-corrected chi connectivity index (χ4v) is 5.10. The summed E-state index contributed by atoms with van der Waals surface area (Å²) < 4.78 is 34.7. The van der Waals surface area contributed by atoms with E-state index in [0.717, 1.165) is 28.4 Å². The average molecular weight is 469 g/mol. The number of fused-ring (bicyclic) bond motifs is 3. The van der Waals surface area contributed by atoms with Gasteiger partial charge in [-0.3, -0.25) is 0 Å². The second-order valence-electron chi connectivity index (χ2n) is 7.12. The number of carboxylic acid groups (broad SMARTS) is 2. The largest absolute Gasteiger partial charge is 0.493 e. The van der Waals surface area contributed by atoms with Crippen LogP contribution in [-0.4, -0.2) is 43.5 Å². The van der Waals surface area contributed by atoms with Gasteiger partial charge in [0.1, 0.15) is 23.6 Å². The maximum Gasteiger partial charge on any atom is 0.337 e. The highest BCUT2D eigenvalue weighted by molar-refractivity contribution is 7.19. The summed E-state index contributed by atoms with van der Waals surface area (Å²) in [4.78, 5) is 28.7. The number of halogens is 2. The fourth-order valence-electron chi connectivity index (χ4n) is 3.76. The van der Waals surface area contributed by atoms with Crippen molar-refractivity contribution in [3.05, 3.63) is 71.1 Å². The van der Waals surface area contributed by atoms with Gasteiger partial charge in [0, 0.05) is 22.9 Å². The van der Waals surface area contributed by atoms with Crippen LogP contribution in [0, 0.1) is 11.6 Å². The molecule has 4 aromatic rings. The number of hydrogen-bond acceptors (Lipinski definition) is 6. The molecule has 0 bridgehead atoms. The van der Waals surface area contributed by atoms with Gasteiger partial charge in [0.25, 0.3) is 0 Å². The summed E-state index contributed by atoms with van der Waals surface area (Å²) in [5.41, 5.74) is 0.774. The fraction of sp³-hybridized carbons (Fsp3) is 0.0909. The number of nitrogens with zero attached hydrogens (tertiary/aromatic N) is 3. The number of carboxylic acids is 2. The standard InChI is InChI=1S/C22H13F2N3O5S/c23-11-2-3-15(14(24)8-11)27-20(25-9-26-27)19-17(22(30)31)12-5-6-32-16-4-1-10(21(28)29)7-13(16)18(12)33-19/h1-4,7-9H,5-6H2,(H,28,29)(H,30,31). The Bertz CT molecular complexity index is 1450. The molecule has 0 fully saturated rings. The van der Waals surface area contributed by atoms with Crippen molar-refractivity contribution in [2.45, 2.75) is 6.42 Å². The van der Waals surface area contributed by atoms with Crippen molar-refractivity contribution in [2.24, 2.45) is 0 Å². The van der Waals surface area contributed by atoms with Gasteiger partial charge in [0.05, 0.1) is 22.6 Å². The van der Waals surface area contributed by atoms with Gasteiger partial charge in [0.2, 0.25) is 0 Å². The lowest BCUT2D eigenvalue weighted by atomic mass is 10.0. The predicted molar refractivity (Wildman–Crippen MR) is 113 cm³/mol. The monoisotopic (exact) mass is 469 g/mol. The summed E-state index contributed by atoms with van der Waals surface area (Å²) in [5, 5.41) is 23.4. The molecule has 1 aliphatic heterocycles. The van der Waals surface area contributed by atoms with Crippen molar-refractivity contribution in [1.29, 1.82) is 0 Å². The average Bonchev–Trinajstić information content (AvgIpc) is 3.34. The van der Waals surface area contributed by atoms with E-state index >= 15 is 0 Å². The number of aromatic nitrogens is 3. The summed E-state index contributed by atoms with van der Waals surface area (Å²) in [7, 11) is 0. The van der Waals surface area contributed by atoms with Crippen LogP contribution in [0.3, 0.4) is 0 Å². The Morgan fingerprint density at radius 1 is 1.06 bits per heavy atom. The van der Waals surface area contributed by atoms with Crippen molar-refractivity contribution in [3.8, 4) is 32.6 Å². The number of hydrogen-bond donors (Lipinski definition) is 2. The van der Waals surface area contributed by atoms with Crippen LogP contribution >= 0.6 is 11.3 Å². The molecule has 2 N–H and O–H groups in total. The lowest BCUT2D eigenvalue weighted by Gasteiger charge is -2.09. The molecule has 11 heteroatoms. The lowest BCUT2D eigenvalue weighted by Crippen LogP contribution is -2.07. The first-order chi connectivity index (χ1) is 15.8. The van der Waals surface area contributed by atoms with E-state index in [1.165, 1.54) is 24.3 Å². The smallest absolute Gasteiger partial charge is 0.337 e. The number of carbonyl (C=O) groups is 2. The van der Waals surface area contributed by atoms with Gasteiger partial charge < -0.3 is 14.9 Å². The van der Waals surface area contributed by atoms with Crippen molar-refractivity contribution >= 4 is 23.3 Å². The molecule has 8 nitrogen and oxygen atoms in total. The molecule has 0 saturated heterocycles. The predicted octanol–water partition coefficient (Wildman–Crippen LogP) is 4.27. The third-order valence-corrected chi connectivity index (χ3v) is 6.45. The van der Waals surface area contributed by atoms with E-state index in [1.807, 2.05) is 0 Å². The van der Waals surface area contributed by atoms with E-state index in [9.17, 15) is 28.6 Å². The third kappa shape index (κ3) is 3.42. The van der Waals surface area contributed by atoms with Crippen molar-refractivity contribution in [2.75, 3.05) is 6.61 Å². The highest BCUT2D eigenvalue weighted by atomic mass is 32.1. The molecular formula is C22H13F2N3O5S. The lowest BCUT2D eigenvalue weighted by molar-refractivity contribution is 0.0686. The van der Waals surface area contributed by atoms with Crippen LogP contribution in [0.4, 0.5) is 8.78 Å². The van der Waals surface area contributed by atoms with Crippen LogP contribution in [0.2, 0.25) is 0 Å². The molecule has 3 heterocycles. The molecule has 0 radical (unpaired) electrons. The van der Waals surface area contributed by atoms with E-state index < -0.39 is 23.6 Å². The second kappa shape index (κ2) is 7.78. The minimum absolute atomic E-state index is 0.0218. The molecule has 0 aliphatic carbocycles. The third-order valence-electron chi connectivity index (χ3n) is 5.19. The van der Waals surface area contributed by atoms with Crippen molar-refractivity contribution < 1.29 is 33.3 Å². The van der Waals surface area contributed by atoms with Gasteiger partial charge in [-0.25, -0.2) is 28.0 Å². The first kappa shape index (κ1) is 20.8. The van der Waals surface area contributed by atoms with Gasteiger partial charge in [-0.2, -0.15) is 5.10 Å². The van der Waals surface area contributed by atoms with Gasteiger partial charge in [-0.1, -0.05) is 0 Å². The van der Waals surface area contributed by atoms with Crippen LogP contribution in [0.25, 0.3) is 26.8 Å². The molecule has 1 aliphatic rings. The maximum absolute atomic E-state index is 14.5. The van der Waals surface area contributed by atoms with Crippen molar-refractivity contribution in [1.82, 2.24) is 14.8 Å². The van der Waals surface area contributed by atoms with Crippen LogP contribution in [0.1, 0.15) is 26.3 Å². The Morgan fingerprint density at radius 3 is 2.61 bits per heavy atom. The highest BCUT2D eigenvalue weighted by Gasteiger charge is 2.31. The summed E-state index contributed by atoms with van der Waals surface area (Å²) in [5.74, 6) is -3.53. The maximum atomic E-state index is 14.5. The second-order valence-corrected chi connectivity index (χ2v) is 8.15. The molecular weight excluding hydrogens is 456 g/mol. The number of benzene rings is 2. The summed E-state index contributed by atoms with van der Waals surface area (Å²) in [6.07, 6.45) is 1.40. The molecule has 2 aromatic carbocycles. The Labute approximate surface area is 188 Å². The topological polar surface area (TPSA) is 115 Å². The molecule has 0 saturated carbocycles. The Kier molecular flexibility index (Phi) is 4.90. The molecule has 33 heavy (non-hydrogen) atoms. The molecule has 2 aromatic heterocycles. The van der Waals surface area contributed by atoms with Gasteiger partial charge in [-0.05, 0) is 35.9 Å². The van der Waals surface area contributed by atoms with Gasteiger partial charge in [-0.15, -0.1) is 11.3 Å². The van der Waals surface area contributed by atoms with E-state index in [0.29, 0.717) is 27.8 Å². The Morgan fingerprint density at radius 2 is 1.88 bits per heavy atom. The summed E-state index contributed by atoms with van der Waals surface area (Å²) >= 11 is 1.07. The molecule has 166 valence electrons. The number of ether oxygens (including phenoxy) is 1. The van der Waals surface area contributed by atoms with E-state index in [-0.39, 0.29) is 40.5 Å². The van der Waals surface area contributed by atoms with E-state index in [4.69, 9.17) is 4.74 Å². The van der Waals surface area contributed by atoms with Crippen LogP contribution in [0.15, 0.2) is 42.7 Å². The zero-order valence-electron chi connectivity index (χ0n) is 16.6. The molecule has 5 rings (SSSR count). The summed E-state index contributed by atoms with van der Waals surface area (Å²) in [6, 6.07) is 7.31. The minimum Gasteiger partial charge on any atom is -0.493 e. The minimum atomic E-state index is -1.23. The first-order valence-electron chi connectivity index (χ1n) is 9.60. The number of rotatable bonds is 4. The Balaban J connectivity index is 1.76. The summed E-state index contributed by atoms with van der Waals surface area (Å²) in [6.45, 7) is 0.183. The van der Waals surface area contributed by atoms with Gasteiger partial charge >= 0.3 is 11.9 Å². The van der Waals surface area contributed by atoms with Gasteiger partial charge in [0.15, 0.2) is 11.6 Å². The van der Waals surface area contributed by atoms with E-state index in [1.54, 1.807) is 0 Å². The number of thiophene rings is 1. The normalized spacial score (nSPS) is 12.4. The molecule has 0 atom stereocenters. The quantitative estimate of drug-likeness (QED) is 0.459. The van der Waals surface area contributed by atoms with Crippen LogP contribution in [0.5, 0.6) is 5.75 Å². The van der Waals surface area contributed by atoms with Crippen LogP contribution < -0.4 is 4.74 Å². The number of aromatic carboxylic acids is 2. The zero-order valence-corrected chi connectivity index (χ0v) is 17.4. The SMILES string of the molecule is O=C(O)c1ccc2c(c1)-c1sc(-c3ncnn3-c3ccc(F)cc3F)c(C(=O)O)c1CCO2. The highest BCUT2D eigenvalue weighted by Crippen LogP contribution is 2.47. The van der Waals surface area contributed by atoms with Crippen LogP contribution in [-0.2, 0) is 6.42 Å². The first-order valence-corrected chi connectivity index (χ1v) is 10.4. The molecule has 0 amide bonds. The van der Waals surface area contributed by atoms with E-state index in [2.05, 4.69) is 10.1 Å². The van der Waals surface area contributed by atoms with Crippen molar-refractivity contribution in [3.63, 3.8) is 0 Å². The Hall–Kier alpha value is -4.12.